The number of benzene rings is 2. The number of hydrogen-bond acceptors (Lipinski definition) is 4. The van der Waals surface area contributed by atoms with Crippen molar-refractivity contribution in [1.29, 1.82) is 0 Å². The van der Waals surface area contributed by atoms with Crippen LogP contribution in [0.2, 0.25) is 5.02 Å². The average Bonchev–Trinajstić information content (AvgIpc) is 2.65. The Balaban J connectivity index is 1.86. The topological polar surface area (TPSA) is 94.2 Å². The van der Waals surface area contributed by atoms with E-state index >= 15 is 0 Å². The number of hydrogen-bond donors (Lipinski definition) is 1. The Morgan fingerprint density at radius 3 is 2.68 bits per heavy atom. The summed E-state index contributed by atoms with van der Waals surface area (Å²) in [7, 11) is 0. The summed E-state index contributed by atoms with van der Waals surface area (Å²) in [5, 5.41) is 13.7. The third-order valence-corrected chi connectivity index (χ3v) is 4.14. The maximum absolute atomic E-state index is 13.4. The highest BCUT2D eigenvalue weighted by Crippen LogP contribution is 2.22. The van der Waals surface area contributed by atoms with Crippen LogP contribution in [0.15, 0.2) is 65.6 Å². The Morgan fingerprint density at radius 2 is 1.96 bits per heavy atom. The predicted octanol–water partition coefficient (Wildman–Crippen LogP) is 3.85. The molecule has 1 N–H and O–H groups in total. The molecule has 28 heavy (non-hydrogen) atoms. The van der Waals surface area contributed by atoms with Crippen molar-refractivity contribution in [3.05, 3.63) is 103 Å². The standard InChI is InChI=1S/C19H13ClFN3O4/c20-13-4-1-3-12(9-13)11-23-8-2-5-15(19(23)26)18(25)22-14-6-7-16(21)17(10-14)24(27)28/h1-10H,11H2,(H,22,25). The SMILES string of the molecule is O=C(Nc1ccc(F)c([N+](=O)[O-])c1)c1cccn(Cc2cccc(Cl)c2)c1=O. The Bertz CT molecular complexity index is 1130. The van der Waals surface area contributed by atoms with Crippen LogP contribution in [-0.4, -0.2) is 15.4 Å². The molecule has 7 nitrogen and oxygen atoms in total. The van der Waals surface area contributed by atoms with Crippen LogP contribution in [0.4, 0.5) is 15.8 Å². The molecule has 3 rings (SSSR count). The molecule has 0 unspecified atom stereocenters. The lowest BCUT2D eigenvalue weighted by atomic mass is 10.2. The Labute approximate surface area is 163 Å². The summed E-state index contributed by atoms with van der Waals surface area (Å²) in [6, 6.07) is 12.8. The Kier molecular flexibility index (Phi) is 5.51. The van der Waals surface area contributed by atoms with Gasteiger partial charge in [0.05, 0.1) is 11.5 Å². The highest BCUT2D eigenvalue weighted by Gasteiger charge is 2.17. The first-order valence-corrected chi connectivity index (χ1v) is 8.42. The molecule has 0 atom stereocenters. The molecule has 2 aromatic carbocycles. The summed E-state index contributed by atoms with van der Waals surface area (Å²) in [6.45, 7) is 0.211. The number of pyridine rings is 1. The number of amides is 1. The van der Waals surface area contributed by atoms with E-state index < -0.39 is 27.9 Å². The quantitative estimate of drug-likeness (QED) is 0.519. The van der Waals surface area contributed by atoms with E-state index in [0.29, 0.717) is 5.02 Å². The molecule has 1 aromatic heterocycles. The second-order valence-corrected chi connectivity index (χ2v) is 6.30. The van der Waals surface area contributed by atoms with Gasteiger partial charge in [0.2, 0.25) is 5.82 Å². The van der Waals surface area contributed by atoms with Gasteiger partial charge in [0.15, 0.2) is 0 Å². The number of carbonyl (C=O) groups is 1. The molecule has 0 spiro atoms. The molecule has 3 aromatic rings. The molecule has 0 bridgehead atoms. The minimum Gasteiger partial charge on any atom is -0.322 e. The van der Waals surface area contributed by atoms with E-state index in [0.717, 1.165) is 17.7 Å². The number of nitro groups is 1. The van der Waals surface area contributed by atoms with Gasteiger partial charge in [-0.2, -0.15) is 4.39 Å². The highest BCUT2D eigenvalue weighted by atomic mass is 35.5. The number of anilines is 1. The number of nitrogens with zero attached hydrogens (tertiary/aromatic N) is 2. The van der Waals surface area contributed by atoms with Crippen LogP contribution in [0.1, 0.15) is 15.9 Å². The molecule has 0 radical (unpaired) electrons. The van der Waals surface area contributed by atoms with E-state index in [1.54, 1.807) is 24.3 Å². The zero-order valence-corrected chi connectivity index (χ0v) is 15.0. The minimum atomic E-state index is -1.02. The maximum Gasteiger partial charge on any atom is 0.306 e. The number of aromatic nitrogens is 1. The third-order valence-electron chi connectivity index (χ3n) is 3.91. The normalized spacial score (nSPS) is 10.5. The van der Waals surface area contributed by atoms with Crippen LogP contribution in [0.3, 0.4) is 0 Å². The van der Waals surface area contributed by atoms with Crippen molar-refractivity contribution in [2.24, 2.45) is 0 Å². The zero-order valence-electron chi connectivity index (χ0n) is 14.3. The van der Waals surface area contributed by atoms with Gasteiger partial charge in [0.25, 0.3) is 11.5 Å². The summed E-state index contributed by atoms with van der Waals surface area (Å²) >= 11 is 5.94. The second-order valence-electron chi connectivity index (χ2n) is 5.86. The lowest BCUT2D eigenvalue weighted by molar-refractivity contribution is -0.387. The van der Waals surface area contributed by atoms with E-state index in [2.05, 4.69) is 5.32 Å². The second kappa shape index (κ2) is 8.01. The highest BCUT2D eigenvalue weighted by molar-refractivity contribution is 6.30. The first kappa shape index (κ1) is 19.2. The van der Waals surface area contributed by atoms with Gasteiger partial charge < -0.3 is 9.88 Å². The summed E-state index contributed by atoms with van der Waals surface area (Å²) in [6.07, 6.45) is 1.53. The van der Waals surface area contributed by atoms with Crippen molar-refractivity contribution in [2.45, 2.75) is 6.54 Å². The van der Waals surface area contributed by atoms with Crippen molar-refractivity contribution in [3.63, 3.8) is 0 Å². The number of rotatable bonds is 5. The van der Waals surface area contributed by atoms with Crippen LogP contribution in [0, 0.1) is 15.9 Å². The Morgan fingerprint density at radius 1 is 1.18 bits per heavy atom. The van der Waals surface area contributed by atoms with Crippen molar-refractivity contribution < 1.29 is 14.1 Å². The molecule has 1 heterocycles. The number of halogens is 2. The van der Waals surface area contributed by atoms with Gasteiger partial charge in [-0.3, -0.25) is 19.7 Å². The monoisotopic (exact) mass is 401 g/mol. The van der Waals surface area contributed by atoms with Crippen molar-refractivity contribution >= 4 is 28.9 Å². The predicted molar refractivity (Wildman–Crippen MR) is 102 cm³/mol. The number of nitro benzene ring substituents is 1. The molecule has 0 aliphatic rings. The molecular weight excluding hydrogens is 389 g/mol. The largest absolute Gasteiger partial charge is 0.322 e. The molecule has 9 heteroatoms. The lowest BCUT2D eigenvalue weighted by Crippen LogP contribution is -2.29. The van der Waals surface area contributed by atoms with Gasteiger partial charge in [-0.05, 0) is 42.0 Å². The zero-order chi connectivity index (χ0) is 20.3. The van der Waals surface area contributed by atoms with Gasteiger partial charge in [0.1, 0.15) is 5.56 Å². The summed E-state index contributed by atoms with van der Waals surface area (Å²) < 4.78 is 14.8. The third kappa shape index (κ3) is 4.24. The summed E-state index contributed by atoms with van der Waals surface area (Å²) in [5.41, 5.74) is -0.693. The molecule has 0 aliphatic heterocycles. The van der Waals surface area contributed by atoms with Gasteiger partial charge in [0, 0.05) is 23.0 Å². The van der Waals surface area contributed by atoms with E-state index in [1.807, 2.05) is 0 Å². The van der Waals surface area contributed by atoms with Crippen LogP contribution in [0.5, 0.6) is 0 Å². The summed E-state index contributed by atoms with van der Waals surface area (Å²) in [5.74, 6) is -1.78. The van der Waals surface area contributed by atoms with Gasteiger partial charge in [-0.25, -0.2) is 0 Å². The maximum atomic E-state index is 13.4. The van der Waals surface area contributed by atoms with E-state index in [-0.39, 0.29) is 17.8 Å². The molecule has 0 saturated carbocycles. The molecule has 0 fully saturated rings. The van der Waals surface area contributed by atoms with Crippen molar-refractivity contribution in [1.82, 2.24) is 4.57 Å². The fraction of sp³-hybridized carbons (Fsp3) is 0.0526. The number of nitrogens with one attached hydrogen (secondary N) is 1. The smallest absolute Gasteiger partial charge is 0.306 e. The molecule has 0 saturated heterocycles. The van der Waals surface area contributed by atoms with E-state index in [1.165, 1.54) is 29.0 Å². The molecule has 1 amide bonds. The molecule has 0 aliphatic carbocycles. The Hall–Kier alpha value is -3.52. The van der Waals surface area contributed by atoms with Crippen LogP contribution in [0.25, 0.3) is 0 Å². The van der Waals surface area contributed by atoms with Crippen LogP contribution >= 0.6 is 11.6 Å². The minimum absolute atomic E-state index is 0.00254. The van der Waals surface area contributed by atoms with Crippen LogP contribution < -0.4 is 10.9 Å². The van der Waals surface area contributed by atoms with Gasteiger partial charge >= 0.3 is 5.69 Å². The first-order chi connectivity index (χ1) is 13.3. The molecule has 142 valence electrons. The van der Waals surface area contributed by atoms with Gasteiger partial charge in [-0.15, -0.1) is 0 Å². The fourth-order valence-electron chi connectivity index (χ4n) is 2.59. The molecular formula is C19H13ClFN3O4. The van der Waals surface area contributed by atoms with E-state index in [4.69, 9.17) is 11.6 Å². The lowest BCUT2D eigenvalue weighted by Gasteiger charge is -2.09. The number of carbonyl (C=O) groups excluding carboxylic acids is 1. The summed E-state index contributed by atoms with van der Waals surface area (Å²) in [4.78, 5) is 35.0. The fourth-order valence-corrected chi connectivity index (χ4v) is 2.81. The first-order valence-electron chi connectivity index (χ1n) is 8.04. The van der Waals surface area contributed by atoms with Crippen molar-refractivity contribution in [3.8, 4) is 0 Å². The van der Waals surface area contributed by atoms with Gasteiger partial charge in [-0.1, -0.05) is 23.7 Å². The van der Waals surface area contributed by atoms with Crippen LogP contribution in [-0.2, 0) is 6.54 Å². The van der Waals surface area contributed by atoms with E-state index in [9.17, 15) is 24.1 Å². The van der Waals surface area contributed by atoms with Crippen molar-refractivity contribution in [2.75, 3.05) is 5.32 Å². The average molecular weight is 402 g/mol.